The van der Waals surface area contributed by atoms with Crippen molar-refractivity contribution in [2.45, 2.75) is 19.4 Å². The summed E-state index contributed by atoms with van der Waals surface area (Å²) in [5, 5.41) is 5.35. The number of hydrogen-bond donors (Lipinski definition) is 3. The molecule has 0 unspecified atom stereocenters. The number of amides is 2. The summed E-state index contributed by atoms with van der Waals surface area (Å²) in [6.07, 6.45) is 1.61. The minimum Gasteiger partial charge on any atom is -0.349 e. The molecule has 2 amide bonds. The van der Waals surface area contributed by atoms with Crippen molar-refractivity contribution in [3.05, 3.63) is 42.5 Å². The molecule has 1 aromatic carbocycles. The number of carbonyl (C=O) groups is 2. The molecule has 0 aliphatic rings. The van der Waals surface area contributed by atoms with Crippen LogP contribution < -0.4 is 16.4 Å². The summed E-state index contributed by atoms with van der Waals surface area (Å²) in [7, 11) is 0. The van der Waals surface area contributed by atoms with Gasteiger partial charge in [0.05, 0.1) is 5.54 Å². The Morgan fingerprint density at radius 3 is 2.37 bits per heavy atom. The van der Waals surface area contributed by atoms with E-state index in [9.17, 15) is 9.59 Å². The van der Waals surface area contributed by atoms with Crippen LogP contribution in [0.15, 0.2) is 36.9 Å². The molecule has 1 rings (SSSR count). The Morgan fingerprint density at radius 2 is 1.89 bits per heavy atom. The molecule has 1 aromatic rings. The monoisotopic (exact) mass is 261 g/mol. The number of nitrogens with one attached hydrogen (secondary N) is 2. The Kier molecular flexibility index (Phi) is 4.83. The fraction of sp³-hybridized carbons (Fsp3) is 0.286. The summed E-state index contributed by atoms with van der Waals surface area (Å²) in [4.78, 5) is 23.3. The second-order valence-corrected chi connectivity index (χ2v) is 4.75. The van der Waals surface area contributed by atoms with Gasteiger partial charge in [-0.05, 0) is 38.1 Å². The van der Waals surface area contributed by atoms with E-state index in [2.05, 4.69) is 17.2 Å². The van der Waals surface area contributed by atoms with E-state index in [0.717, 1.165) is 0 Å². The van der Waals surface area contributed by atoms with Gasteiger partial charge in [-0.25, -0.2) is 0 Å². The number of anilines is 1. The van der Waals surface area contributed by atoms with Crippen molar-refractivity contribution in [2.24, 2.45) is 5.73 Å². The first kappa shape index (κ1) is 14.9. The molecule has 0 spiro atoms. The third kappa shape index (κ3) is 4.56. The van der Waals surface area contributed by atoms with Gasteiger partial charge in [-0.3, -0.25) is 9.59 Å². The van der Waals surface area contributed by atoms with Gasteiger partial charge in [0, 0.05) is 17.8 Å². The maximum Gasteiger partial charge on any atom is 0.251 e. The maximum absolute atomic E-state index is 11.7. The SMILES string of the molecule is C=CCNC(=O)c1ccc(NC(=O)C(C)(C)N)cc1. The maximum atomic E-state index is 11.7. The third-order valence-corrected chi connectivity index (χ3v) is 2.40. The predicted molar refractivity (Wildman–Crippen MR) is 75.9 cm³/mol. The van der Waals surface area contributed by atoms with Crippen LogP contribution in [0.2, 0.25) is 0 Å². The van der Waals surface area contributed by atoms with Gasteiger partial charge < -0.3 is 16.4 Å². The van der Waals surface area contributed by atoms with Crippen LogP contribution in [0, 0.1) is 0 Å². The van der Waals surface area contributed by atoms with Crippen molar-refractivity contribution in [1.82, 2.24) is 5.32 Å². The Hall–Kier alpha value is -2.14. The van der Waals surface area contributed by atoms with E-state index < -0.39 is 5.54 Å². The number of benzene rings is 1. The number of rotatable bonds is 5. The standard InChI is InChI=1S/C14H19N3O2/c1-4-9-16-12(18)10-5-7-11(8-6-10)17-13(19)14(2,3)15/h4-8H,1,9,15H2,2-3H3,(H,16,18)(H,17,19). The van der Waals surface area contributed by atoms with E-state index in [0.29, 0.717) is 17.8 Å². The Morgan fingerprint density at radius 1 is 1.32 bits per heavy atom. The number of hydrogen-bond acceptors (Lipinski definition) is 3. The lowest BCUT2D eigenvalue weighted by atomic mass is 10.1. The van der Waals surface area contributed by atoms with Crippen LogP contribution in [-0.2, 0) is 4.79 Å². The van der Waals surface area contributed by atoms with Crippen molar-refractivity contribution in [2.75, 3.05) is 11.9 Å². The summed E-state index contributed by atoms with van der Waals surface area (Å²) < 4.78 is 0. The average Bonchev–Trinajstić information content (AvgIpc) is 2.35. The third-order valence-electron chi connectivity index (χ3n) is 2.40. The van der Waals surface area contributed by atoms with Gasteiger partial charge in [0.25, 0.3) is 5.91 Å². The van der Waals surface area contributed by atoms with Crippen molar-refractivity contribution in [3.8, 4) is 0 Å². The van der Waals surface area contributed by atoms with E-state index in [4.69, 9.17) is 5.73 Å². The van der Waals surface area contributed by atoms with Crippen molar-refractivity contribution in [3.63, 3.8) is 0 Å². The van der Waals surface area contributed by atoms with Gasteiger partial charge in [-0.2, -0.15) is 0 Å². The van der Waals surface area contributed by atoms with E-state index in [1.54, 1.807) is 44.2 Å². The normalized spacial score (nSPS) is 10.7. The minimum atomic E-state index is -0.944. The van der Waals surface area contributed by atoms with Gasteiger partial charge in [0.1, 0.15) is 0 Å². The molecule has 102 valence electrons. The van der Waals surface area contributed by atoms with Gasteiger partial charge in [-0.15, -0.1) is 6.58 Å². The number of carbonyl (C=O) groups excluding carboxylic acids is 2. The molecule has 0 aromatic heterocycles. The van der Waals surface area contributed by atoms with Crippen molar-refractivity contribution in [1.29, 1.82) is 0 Å². The predicted octanol–water partition coefficient (Wildman–Crippen LogP) is 1.28. The first-order valence-electron chi connectivity index (χ1n) is 5.94. The Balaban J connectivity index is 2.69. The van der Waals surface area contributed by atoms with Crippen LogP contribution in [-0.4, -0.2) is 23.9 Å². The average molecular weight is 261 g/mol. The van der Waals surface area contributed by atoms with Crippen LogP contribution in [0.4, 0.5) is 5.69 Å². The minimum absolute atomic E-state index is 0.183. The lowest BCUT2D eigenvalue weighted by Gasteiger charge is -2.17. The largest absolute Gasteiger partial charge is 0.349 e. The van der Waals surface area contributed by atoms with E-state index >= 15 is 0 Å². The molecule has 19 heavy (non-hydrogen) atoms. The van der Waals surface area contributed by atoms with Crippen molar-refractivity contribution < 1.29 is 9.59 Å². The zero-order chi connectivity index (χ0) is 14.5. The van der Waals surface area contributed by atoms with Crippen LogP contribution in [0.3, 0.4) is 0 Å². The second-order valence-electron chi connectivity index (χ2n) is 4.75. The van der Waals surface area contributed by atoms with Gasteiger partial charge >= 0.3 is 0 Å². The van der Waals surface area contributed by atoms with Gasteiger partial charge in [0.15, 0.2) is 0 Å². The van der Waals surface area contributed by atoms with Crippen LogP contribution >= 0.6 is 0 Å². The molecule has 0 fully saturated rings. The summed E-state index contributed by atoms with van der Waals surface area (Å²) in [6.45, 7) is 7.19. The molecule has 5 nitrogen and oxygen atoms in total. The summed E-state index contributed by atoms with van der Waals surface area (Å²) in [5.74, 6) is -0.465. The summed E-state index contributed by atoms with van der Waals surface area (Å²) in [5.41, 5.74) is 5.85. The van der Waals surface area contributed by atoms with Crippen LogP contribution in [0.1, 0.15) is 24.2 Å². The molecule has 0 saturated heterocycles. The highest BCUT2D eigenvalue weighted by Gasteiger charge is 2.21. The molecule has 5 heteroatoms. The quantitative estimate of drug-likeness (QED) is 0.698. The van der Waals surface area contributed by atoms with Crippen LogP contribution in [0.5, 0.6) is 0 Å². The smallest absolute Gasteiger partial charge is 0.251 e. The molecule has 0 saturated carbocycles. The topological polar surface area (TPSA) is 84.2 Å². The van der Waals surface area contributed by atoms with Crippen LogP contribution in [0.25, 0.3) is 0 Å². The molecular formula is C14H19N3O2. The highest BCUT2D eigenvalue weighted by Crippen LogP contribution is 2.11. The molecule has 4 N–H and O–H groups in total. The second kappa shape index (κ2) is 6.15. The van der Waals surface area contributed by atoms with Crippen molar-refractivity contribution >= 4 is 17.5 Å². The zero-order valence-corrected chi connectivity index (χ0v) is 11.2. The molecule has 0 aliphatic carbocycles. The Labute approximate surface area is 112 Å². The fourth-order valence-corrected chi connectivity index (χ4v) is 1.26. The molecule has 0 radical (unpaired) electrons. The molecule has 0 bridgehead atoms. The van der Waals surface area contributed by atoms with E-state index in [1.807, 2.05) is 0 Å². The van der Waals surface area contributed by atoms with Gasteiger partial charge in [-0.1, -0.05) is 6.08 Å². The number of nitrogens with two attached hydrogens (primary N) is 1. The molecule has 0 heterocycles. The zero-order valence-electron chi connectivity index (χ0n) is 11.2. The van der Waals surface area contributed by atoms with E-state index in [-0.39, 0.29) is 11.8 Å². The molecular weight excluding hydrogens is 242 g/mol. The van der Waals surface area contributed by atoms with Gasteiger partial charge in [0.2, 0.25) is 5.91 Å². The highest BCUT2D eigenvalue weighted by molar-refractivity contribution is 5.98. The highest BCUT2D eigenvalue weighted by atomic mass is 16.2. The summed E-state index contributed by atoms with van der Waals surface area (Å²) in [6, 6.07) is 6.59. The molecule has 0 aliphatic heterocycles. The first-order valence-corrected chi connectivity index (χ1v) is 5.94. The lowest BCUT2D eigenvalue weighted by molar-refractivity contribution is -0.120. The first-order chi connectivity index (χ1) is 8.84. The Bertz CT molecular complexity index is 472. The fourth-order valence-electron chi connectivity index (χ4n) is 1.26. The lowest BCUT2D eigenvalue weighted by Crippen LogP contribution is -2.45. The van der Waals surface area contributed by atoms with E-state index in [1.165, 1.54) is 0 Å². The summed E-state index contributed by atoms with van der Waals surface area (Å²) >= 11 is 0. The molecule has 0 atom stereocenters.